The molecule has 1 heterocycles. The van der Waals surface area contributed by atoms with Crippen LogP contribution >= 0.6 is 11.6 Å². The number of carbonyl (C=O) groups is 1. The molecule has 0 saturated carbocycles. The number of hydrogen-bond donors (Lipinski definition) is 1. The van der Waals surface area contributed by atoms with Gasteiger partial charge in [-0.15, -0.1) is 0 Å². The first-order valence-electron chi connectivity index (χ1n) is 6.93. The van der Waals surface area contributed by atoms with Gasteiger partial charge in [0.2, 0.25) is 10.0 Å². The predicted octanol–water partition coefficient (Wildman–Crippen LogP) is 2.73. The topological polar surface area (TPSA) is 66.5 Å². The molecule has 1 aliphatic rings. The van der Waals surface area contributed by atoms with E-state index >= 15 is 0 Å². The van der Waals surface area contributed by atoms with Crippen LogP contribution in [0.5, 0.6) is 0 Å². The number of sulfonamides is 1. The van der Waals surface area contributed by atoms with Crippen LogP contribution in [0.4, 0.5) is 5.69 Å². The lowest BCUT2D eigenvalue weighted by Gasteiger charge is -2.21. The summed E-state index contributed by atoms with van der Waals surface area (Å²) >= 11 is 6.13. The minimum Gasteiger partial charge on any atom is -0.339 e. The van der Waals surface area contributed by atoms with E-state index < -0.39 is 10.0 Å². The molecule has 0 unspecified atom stereocenters. The molecule has 1 aromatic carbocycles. The molecule has 1 amide bonds. The smallest absolute Gasteiger partial charge is 0.255 e. The van der Waals surface area contributed by atoms with Crippen LogP contribution in [0.25, 0.3) is 0 Å². The zero-order chi connectivity index (χ0) is 15.5. The molecule has 0 aliphatic carbocycles. The number of halogens is 1. The Morgan fingerprint density at radius 1 is 1.19 bits per heavy atom. The maximum Gasteiger partial charge on any atom is 0.255 e. The summed E-state index contributed by atoms with van der Waals surface area (Å²) in [5.41, 5.74) is 0.771. The van der Waals surface area contributed by atoms with E-state index in [9.17, 15) is 13.2 Å². The average Bonchev–Trinajstić information content (AvgIpc) is 2.65. The predicted molar refractivity (Wildman–Crippen MR) is 84.3 cm³/mol. The molecule has 5 nitrogen and oxygen atoms in total. The summed E-state index contributed by atoms with van der Waals surface area (Å²) in [7, 11) is -3.36. The molecule has 0 aromatic heterocycles. The molecule has 116 valence electrons. The Balaban J connectivity index is 2.18. The normalized spacial score (nSPS) is 16.4. The Morgan fingerprint density at radius 2 is 1.81 bits per heavy atom. The van der Waals surface area contributed by atoms with Crippen molar-refractivity contribution in [1.29, 1.82) is 0 Å². The van der Waals surface area contributed by atoms with Gasteiger partial charge in [-0.2, -0.15) is 0 Å². The summed E-state index contributed by atoms with van der Waals surface area (Å²) < 4.78 is 24.7. The Labute approximate surface area is 130 Å². The minimum atomic E-state index is -3.36. The van der Waals surface area contributed by atoms with Gasteiger partial charge in [0.05, 0.1) is 16.8 Å². The molecule has 1 saturated heterocycles. The number of anilines is 1. The highest BCUT2D eigenvalue weighted by molar-refractivity contribution is 7.92. The molecule has 0 radical (unpaired) electrons. The summed E-state index contributed by atoms with van der Waals surface area (Å²) in [5.74, 6) is -0.0900. The molecule has 2 rings (SSSR count). The van der Waals surface area contributed by atoms with Crippen LogP contribution in [0, 0.1) is 0 Å². The number of nitrogens with one attached hydrogen (secondary N) is 1. The summed E-state index contributed by atoms with van der Waals surface area (Å²) in [6.45, 7) is 1.50. The number of amides is 1. The minimum absolute atomic E-state index is 0.0900. The van der Waals surface area contributed by atoms with Crippen molar-refractivity contribution in [2.24, 2.45) is 0 Å². The van der Waals surface area contributed by atoms with Gasteiger partial charge >= 0.3 is 0 Å². The van der Waals surface area contributed by atoms with Crippen LogP contribution < -0.4 is 4.72 Å². The highest BCUT2D eigenvalue weighted by Crippen LogP contribution is 2.24. The fourth-order valence-electron chi connectivity index (χ4n) is 2.41. The third-order valence-electron chi connectivity index (χ3n) is 3.40. The summed E-state index contributed by atoms with van der Waals surface area (Å²) in [6, 6.07) is 4.59. The van der Waals surface area contributed by atoms with E-state index in [0.717, 1.165) is 45.0 Å². The maximum absolute atomic E-state index is 12.5. The fourth-order valence-corrected chi connectivity index (χ4v) is 3.23. The Bertz CT molecular complexity index is 623. The van der Waals surface area contributed by atoms with Crippen molar-refractivity contribution in [2.75, 3.05) is 24.1 Å². The average molecular weight is 331 g/mol. The Kier molecular flexibility index (Phi) is 5.11. The number of nitrogens with zero attached hydrogens (tertiary/aromatic N) is 1. The fraction of sp³-hybridized carbons (Fsp3) is 0.500. The summed E-state index contributed by atoms with van der Waals surface area (Å²) in [5, 5.41) is 0.262. The third kappa shape index (κ3) is 4.61. The molecule has 21 heavy (non-hydrogen) atoms. The molecule has 1 fully saturated rings. The molecule has 0 bridgehead atoms. The number of benzene rings is 1. The number of rotatable bonds is 3. The summed E-state index contributed by atoms with van der Waals surface area (Å²) in [6.07, 6.45) is 5.38. The molecular formula is C14H19ClN2O3S. The van der Waals surface area contributed by atoms with Crippen LogP contribution in [0.15, 0.2) is 18.2 Å². The second kappa shape index (κ2) is 6.66. The monoisotopic (exact) mass is 330 g/mol. The highest BCUT2D eigenvalue weighted by Gasteiger charge is 2.20. The SMILES string of the molecule is CS(=O)(=O)Nc1ccc(C(=O)N2CCCCCC2)c(Cl)c1. The molecule has 1 N–H and O–H groups in total. The van der Waals surface area contributed by atoms with Crippen molar-refractivity contribution in [3.8, 4) is 0 Å². The van der Waals surface area contributed by atoms with Crippen LogP contribution in [-0.2, 0) is 10.0 Å². The first kappa shape index (κ1) is 16.1. The first-order valence-corrected chi connectivity index (χ1v) is 9.20. The van der Waals surface area contributed by atoms with E-state index in [2.05, 4.69) is 4.72 Å². The van der Waals surface area contributed by atoms with Crippen molar-refractivity contribution in [3.05, 3.63) is 28.8 Å². The van der Waals surface area contributed by atoms with Crippen LogP contribution in [-0.4, -0.2) is 38.6 Å². The molecular weight excluding hydrogens is 312 g/mol. The van der Waals surface area contributed by atoms with Gasteiger partial charge in [-0.05, 0) is 31.0 Å². The molecule has 7 heteroatoms. The maximum atomic E-state index is 12.5. The second-order valence-electron chi connectivity index (χ2n) is 5.28. The van der Waals surface area contributed by atoms with Crippen molar-refractivity contribution < 1.29 is 13.2 Å². The van der Waals surface area contributed by atoms with Crippen LogP contribution in [0.1, 0.15) is 36.0 Å². The molecule has 1 aliphatic heterocycles. The van der Waals surface area contributed by atoms with Crippen molar-refractivity contribution in [3.63, 3.8) is 0 Å². The Morgan fingerprint density at radius 3 is 2.33 bits per heavy atom. The van der Waals surface area contributed by atoms with E-state index in [1.165, 1.54) is 6.07 Å². The summed E-state index contributed by atoms with van der Waals surface area (Å²) in [4.78, 5) is 14.3. The van der Waals surface area contributed by atoms with Gasteiger partial charge in [0.25, 0.3) is 5.91 Å². The van der Waals surface area contributed by atoms with Gasteiger partial charge in [-0.25, -0.2) is 8.42 Å². The van der Waals surface area contributed by atoms with Crippen molar-refractivity contribution in [1.82, 2.24) is 4.90 Å². The largest absolute Gasteiger partial charge is 0.339 e. The van der Waals surface area contributed by atoms with Crippen LogP contribution in [0.3, 0.4) is 0 Å². The molecule has 0 spiro atoms. The van der Waals surface area contributed by atoms with Gasteiger partial charge in [-0.1, -0.05) is 24.4 Å². The number of carbonyl (C=O) groups excluding carboxylic acids is 1. The zero-order valence-electron chi connectivity index (χ0n) is 11.9. The third-order valence-corrected chi connectivity index (χ3v) is 4.32. The van der Waals surface area contributed by atoms with Gasteiger partial charge in [0, 0.05) is 18.8 Å². The van der Waals surface area contributed by atoms with E-state index in [1.807, 2.05) is 4.90 Å². The zero-order valence-corrected chi connectivity index (χ0v) is 13.5. The van der Waals surface area contributed by atoms with Gasteiger partial charge < -0.3 is 4.90 Å². The second-order valence-corrected chi connectivity index (χ2v) is 7.43. The van der Waals surface area contributed by atoms with Gasteiger partial charge in [0.1, 0.15) is 0 Å². The van der Waals surface area contributed by atoms with E-state index in [1.54, 1.807) is 12.1 Å². The van der Waals surface area contributed by atoms with Crippen molar-refractivity contribution >= 4 is 33.2 Å². The highest BCUT2D eigenvalue weighted by atomic mass is 35.5. The van der Waals surface area contributed by atoms with Gasteiger partial charge in [0.15, 0.2) is 0 Å². The lowest BCUT2D eigenvalue weighted by molar-refractivity contribution is 0.0762. The van der Waals surface area contributed by atoms with E-state index in [4.69, 9.17) is 11.6 Å². The van der Waals surface area contributed by atoms with Crippen molar-refractivity contribution in [2.45, 2.75) is 25.7 Å². The lowest BCUT2D eigenvalue weighted by Crippen LogP contribution is -2.32. The lowest BCUT2D eigenvalue weighted by atomic mass is 10.1. The van der Waals surface area contributed by atoms with E-state index in [-0.39, 0.29) is 10.9 Å². The molecule has 0 atom stereocenters. The van der Waals surface area contributed by atoms with E-state index in [0.29, 0.717) is 11.3 Å². The Hall–Kier alpha value is -1.27. The number of hydrogen-bond acceptors (Lipinski definition) is 3. The molecule has 1 aromatic rings. The first-order chi connectivity index (χ1) is 9.87. The standard InChI is InChI=1S/C14H19ClN2O3S/c1-21(19,20)16-11-6-7-12(13(15)10-11)14(18)17-8-4-2-3-5-9-17/h6-7,10,16H,2-5,8-9H2,1H3. The van der Waals surface area contributed by atoms with Gasteiger partial charge in [-0.3, -0.25) is 9.52 Å². The number of likely N-dealkylation sites (tertiary alicyclic amines) is 1. The van der Waals surface area contributed by atoms with Crippen LogP contribution in [0.2, 0.25) is 5.02 Å². The quantitative estimate of drug-likeness (QED) is 0.926.